The van der Waals surface area contributed by atoms with Gasteiger partial charge in [0.05, 0.1) is 42.4 Å². The Morgan fingerprint density at radius 3 is 2.12 bits per heavy atom. The highest BCUT2D eigenvalue weighted by Crippen LogP contribution is 2.42. The van der Waals surface area contributed by atoms with Crippen LogP contribution in [-0.4, -0.2) is 58.3 Å². The summed E-state index contributed by atoms with van der Waals surface area (Å²) in [6.07, 6.45) is 1.94. The number of hydrogen-bond donors (Lipinski definition) is 4. The Labute approximate surface area is 291 Å². The number of carboxylic acid groups (broad SMARTS) is 1. The molecule has 5 N–H and O–H groups in total. The number of rotatable bonds is 13. The van der Waals surface area contributed by atoms with Crippen LogP contribution in [0.25, 0.3) is 21.9 Å². The Bertz CT molecular complexity index is 2240. The van der Waals surface area contributed by atoms with E-state index in [1.807, 2.05) is 12.1 Å². The monoisotopic (exact) mass is 715 g/mol. The minimum Gasteiger partial charge on any atom is -0.496 e. The van der Waals surface area contributed by atoms with Crippen LogP contribution in [0.5, 0.6) is 11.5 Å². The molecule has 0 bridgehead atoms. The highest BCUT2D eigenvalue weighted by Gasteiger charge is 2.27. The molecular weight excluding hydrogens is 684 g/mol. The summed E-state index contributed by atoms with van der Waals surface area (Å²) >= 11 is 0. The minimum atomic E-state index is -4.31. The molecule has 0 aliphatic rings. The highest BCUT2D eigenvalue weighted by atomic mass is 32.2. The number of carboxylic acids is 1. The van der Waals surface area contributed by atoms with Crippen molar-refractivity contribution in [1.82, 2.24) is 5.32 Å². The van der Waals surface area contributed by atoms with E-state index in [0.29, 0.717) is 45.8 Å². The number of methoxy groups -OCH3 is 2. The molecule has 5 rings (SSSR count). The van der Waals surface area contributed by atoms with Gasteiger partial charge in [0.2, 0.25) is 0 Å². The van der Waals surface area contributed by atoms with Gasteiger partial charge < -0.3 is 25.6 Å². The van der Waals surface area contributed by atoms with Gasteiger partial charge in [-0.15, -0.1) is 0 Å². The third-order valence-corrected chi connectivity index (χ3v) is 9.16. The fourth-order valence-corrected chi connectivity index (χ4v) is 6.48. The van der Waals surface area contributed by atoms with Gasteiger partial charge in [0.1, 0.15) is 41.1 Å². The van der Waals surface area contributed by atoms with E-state index in [9.17, 15) is 23.1 Å². The smallest absolute Gasteiger partial charge is 0.326 e. The fourth-order valence-electron chi connectivity index (χ4n) is 5.44. The van der Waals surface area contributed by atoms with Crippen molar-refractivity contribution >= 4 is 56.7 Å². The van der Waals surface area contributed by atoms with Crippen LogP contribution < -0.4 is 25.2 Å². The number of benzene rings is 5. The molecule has 15 heteroatoms. The maximum Gasteiger partial charge on any atom is 0.326 e. The second-order valence-electron chi connectivity index (χ2n) is 10.9. The van der Waals surface area contributed by atoms with Gasteiger partial charge in [0.15, 0.2) is 0 Å². The molecule has 5 aromatic carbocycles. The first kappa shape index (κ1) is 35.9. The largest absolute Gasteiger partial charge is 0.496 e. The van der Waals surface area contributed by atoms with Crippen molar-refractivity contribution in [1.29, 1.82) is 0 Å². The number of nitrogens with one attached hydrogen (secondary N) is 2. The van der Waals surface area contributed by atoms with E-state index in [1.165, 1.54) is 38.5 Å². The van der Waals surface area contributed by atoms with Crippen molar-refractivity contribution in [3.63, 3.8) is 0 Å². The molecular formula is C36H31F2N5O7S. The number of hydrogen-bond acceptors (Lipinski definition) is 7. The summed E-state index contributed by atoms with van der Waals surface area (Å²) < 4.78 is 69.4. The van der Waals surface area contributed by atoms with Crippen LogP contribution in [0.4, 0.5) is 20.2 Å². The van der Waals surface area contributed by atoms with E-state index in [0.717, 1.165) is 23.6 Å². The Morgan fingerprint density at radius 1 is 0.902 bits per heavy atom. The molecule has 0 radical (unpaired) electrons. The lowest BCUT2D eigenvalue weighted by molar-refractivity contribution is -0.139. The van der Waals surface area contributed by atoms with Gasteiger partial charge in [-0.1, -0.05) is 42.5 Å². The second-order valence-corrected chi connectivity index (χ2v) is 12.6. The molecule has 0 aromatic heterocycles. The van der Waals surface area contributed by atoms with Crippen molar-refractivity contribution in [3.05, 3.63) is 114 Å². The lowest BCUT2D eigenvalue weighted by Gasteiger charge is -2.19. The number of aliphatic imine (C=N–C) groups is 2. The van der Waals surface area contributed by atoms with Gasteiger partial charge in [0, 0.05) is 6.42 Å². The summed E-state index contributed by atoms with van der Waals surface area (Å²) in [5, 5.41) is 13.6. The fraction of sp³-hybridized carbons (Fsp3) is 0.111. The number of sulfonamides is 1. The van der Waals surface area contributed by atoms with Gasteiger partial charge in [-0.25, -0.2) is 32.0 Å². The molecule has 1 atom stereocenters. The number of fused-ring (bicyclic) bond motifs is 1. The van der Waals surface area contributed by atoms with Gasteiger partial charge in [-0.2, -0.15) is 0 Å². The van der Waals surface area contributed by atoms with Crippen molar-refractivity contribution in [2.24, 2.45) is 15.7 Å². The molecule has 0 heterocycles. The average molecular weight is 716 g/mol. The zero-order valence-electron chi connectivity index (χ0n) is 27.1. The number of anilines is 1. The van der Waals surface area contributed by atoms with E-state index < -0.39 is 50.8 Å². The SMILES string of the molecule is COc1cccc(OC)c1-c1ccc(C[C@H](NC(=O)c2c(F)cc(NS(=O)(=O)c3ccc(N=CN=CN)cc3)cc2F)C(=O)O)c2ccccc12. The Morgan fingerprint density at radius 2 is 1.53 bits per heavy atom. The molecule has 1 amide bonds. The molecule has 0 aliphatic heterocycles. The standard InChI is InChI=1S/C36H31F2N5O7S/c1-49-31-8-5-9-32(50-2)33(31)27-15-10-21(25-6-3-4-7-26(25)27)16-30(36(45)46)42-35(44)34-28(37)17-23(18-29(34)38)43-51(47,48)24-13-11-22(12-14-24)41-20-40-19-39/h3-15,17-20,30,43H,16H2,1-2H3,(H,42,44)(H,45,46)(H2,39,40,41)/t30-/m0/s1. The summed E-state index contributed by atoms with van der Waals surface area (Å²) in [5.41, 5.74) is 5.87. The number of ether oxygens (including phenoxy) is 2. The van der Waals surface area contributed by atoms with Crippen molar-refractivity contribution < 1.29 is 41.4 Å². The van der Waals surface area contributed by atoms with Crippen molar-refractivity contribution in [3.8, 4) is 22.6 Å². The number of carbonyl (C=O) groups is 2. The lowest BCUT2D eigenvalue weighted by Crippen LogP contribution is -2.43. The summed E-state index contributed by atoms with van der Waals surface area (Å²) in [6.45, 7) is 0. The zero-order valence-corrected chi connectivity index (χ0v) is 27.9. The lowest BCUT2D eigenvalue weighted by atomic mass is 9.91. The molecule has 0 aliphatic carbocycles. The van der Waals surface area contributed by atoms with Gasteiger partial charge in [-0.3, -0.25) is 9.52 Å². The molecule has 5 aromatic rings. The van der Waals surface area contributed by atoms with E-state index >= 15 is 8.78 Å². The molecule has 0 fully saturated rings. The van der Waals surface area contributed by atoms with Gasteiger partial charge in [0.25, 0.3) is 15.9 Å². The number of carbonyl (C=O) groups excluding carboxylic acids is 1. The van der Waals surface area contributed by atoms with E-state index in [2.05, 4.69) is 20.0 Å². The molecule has 51 heavy (non-hydrogen) atoms. The minimum absolute atomic E-state index is 0.238. The number of nitrogens with zero attached hydrogens (tertiary/aromatic N) is 2. The van der Waals surface area contributed by atoms with Crippen LogP contribution in [-0.2, 0) is 21.2 Å². The molecule has 0 saturated carbocycles. The summed E-state index contributed by atoms with van der Waals surface area (Å²) in [5.74, 6) is -4.51. The van der Waals surface area contributed by atoms with Crippen LogP contribution in [0.2, 0.25) is 0 Å². The van der Waals surface area contributed by atoms with Crippen LogP contribution >= 0.6 is 0 Å². The first-order valence-corrected chi connectivity index (χ1v) is 16.6. The molecule has 0 spiro atoms. The first-order valence-electron chi connectivity index (χ1n) is 15.1. The predicted octanol–water partition coefficient (Wildman–Crippen LogP) is 5.68. The number of amides is 1. The Kier molecular flexibility index (Phi) is 10.9. The highest BCUT2D eigenvalue weighted by molar-refractivity contribution is 7.92. The van der Waals surface area contributed by atoms with E-state index in [1.54, 1.807) is 42.5 Å². The number of nitrogens with two attached hydrogens (primary N) is 1. The van der Waals surface area contributed by atoms with E-state index in [4.69, 9.17) is 15.2 Å². The van der Waals surface area contributed by atoms with Crippen molar-refractivity contribution in [2.45, 2.75) is 17.4 Å². The summed E-state index contributed by atoms with van der Waals surface area (Å²) in [4.78, 5) is 32.8. The third-order valence-electron chi connectivity index (χ3n) is 7.77. The van der Waals surface area contributed by atoms with Crippen LogP contribution in [0, 0.1) is 11.6 Å². The predicted molar refractivity (Wildman–Crippen MR) is 190 cm³/mol. The van der Waals surface area contributed by atoms with Gasteiger partial charge in [-0.05, 0) is 70.4 Å². The van der Waals surface area contributed by atoms with Crippen molar-refractivity contribution in [2.75, 3.05) is 18.9 Å². The maximum atomic E-state index is 15.2. The Balaban J connectivity index is 1.38. The van der Waals surface area contributed by atoms with Gasteiger partial charge >= 0.3 is 5.97 Å². The first-order chi connectivity index (χ1) is 24.5. The zero-order chi connectivity index (χ0) is 36.7. The molecule has 262 valence electrons. The number of halogens is 2. The Hall–Kier alpha value is -6.35. The molecule has 0 saturated heterocycles. The topological polar surface area (TPSA) is 182 Å². The number of aliphatic carboxylic acids is 1. The maximum absolute atomic E-state index is 15.2. The van der Waals surface area contributed by atoms with Crippen LogP contribution in [0.3, 0.4) is 0 Å². The normalized spacial score (nSPS) is 12.2. The van der Waals surface area contributed by atoms with E-state index in [-0.39, 0.29) is 11.3 Å². The molecule has 0 unspecified atom stereocenters. The summed E-state index contributed by atoms with van der Waals surface area (Å²) in [6, 6.07) is 20.9. The second kappa shape index (κ2) is 15.5. The average Bonchev–Trinajstić information content (AvgIpc) is 3.11. The third kappa shape index (κ3) is 7.94. The quantitative estimate of drug-likeness (QED) is 0.0888. The van der Waals surface area contributed by atoms with Crippen LogP contribution in [0.15, 0.2) is 106 Å². The summed E-state index contributed by atoms with van der Waals surface area (Å²) in [7, 11) is -1.24. The molecule has 12 nitrogen and oxygen atoms in total. The van der Waals surface area contributed by atoms with Crippen LogP contribution in [0.1, 0.15) is 15.9 Å².